The van der Waals surface area contributed by atoms with Gasteiger partial charge in [0.1, 0.15) is 5.82 Å². The molecule has 6 rings (SSSR count). The van der Waals surface area contributed by atoms with Crippen molar-refractivity contribution in [2.75, 3.05) is 11.9 Å². The Bertz CT molecular complexity index is 1450. The highest BCUT2D eigenvalue weighted by atomic mass is 16.1. The van der Waals surface area contributed by atoms with E-state index in [4.69, 9.17) is 4.98 Å². The Morgan fingerprint density at radius 2 is 1.94 bits per heavy atom. The highest BCUT2D eigenvalue weighted by molar-refractivity contribution is 5.82. The Hall–Kier alpha value is -3.45. The van der Waals surface area contributed by atoms with Gasteiger partial charge in [0.2, 0.25) is 0 Å². The first-order valence-electron chi connectivity index (χ1n) is 12.1. The zero-order valence-electron chi connectivity index (χ0n) is 19.9. The summed E-state index contributed by atoms with van der Waals surface area (Å²) in [5, 5.41) is 7.49. The predicted octanol–water partition coefficient (Wildman–Crippen LogP) is 4.60. The molecule has 4 heterocycles. The summed E-state index contributed by atoms with van der Waals surface area (Å²) in [5.74, 6) is 1.49. The van der Waals surface area contributed by atoms with Gasteiger partial charge >= 0.3 is 0 Å². The number of nitrogens with one attached hydrogen (secondary N) is 2. The summed E-state index contributed by atoms with van der Waals surface area (Å²) in [4.78, 5) is 22.9. The minimum Gasteiger partial charge on any atom is -0.340 e. The molecule has 3 aromatic heterocycles. The topological polar surface area (TPSA) is 76.8 Å². The van der Waals surface area contributed by atoms with Crippen molar-refractivity contribution in [1.29, 1.82) is 0 Å². The second kappa shape index (κ2) is 7.81. The van der Waals surface area contributed by atoms with Gasteiger partial charge < -0.3 is 10.6 Å². The lowest BCUT2D eigenvalue weighted by molar-refractivity contribution is 0.539. The number of nitrogens with zero attached hydrogens (tertiary/aromatic N) is 4. The Morgan fingerprint density at radius 1 is 1.09 bits per heavy atom. The van der Waals surface area contributed by atoms with Crippen LogP contribution in [0.25, 0.3) is 16.7 Å². The number of aromatic nitrogens is 4. The lowest BCUT2D eigenvalue weighted by Crippen LogP contribution is -2.23. The standard InChI is InChI=1S/C27H30N6O/c1-27(2,3)23-5-4-6-25(31-23)33-22-14-24(29-16-21(22)26(34)32(33)20-9-10-20)30-19-8-7-18-15-28-12-11-17(18)13-19/h4-8,13-14,16,20,28H,9-12,15H2,1-3H3,(H,29,30). The maximum atomic E-state index is 13.4. The van der Waals surface area contributed by atoms with Crippen LogP contribution >= 0.6 is 0 Å². The van der Waals surface area contributed by atoms with Gasteiger partial charge in [-0.15, -0.1) is 0 Å². The minimum atomic E-state index is -0.0834. The van der Waals surface area contributed by atoms with E-state index < -0.39 is 0 Å². The number of fused-ring (bicyclic) bond motifs is 2. The van der Waals surface area contributed by atoms with E-state index in [-0.39, 0.29) is 17.0 Å². The number of rotatable bonds is 4. The maximum absolute atomic E-state index is 13.4. The number of benzene rings is 1. The zero-order chi connectivity index (χ0) is 23.4. The molecule has 1 aromatic carbocycles. The van der Waals surface area contributed by atoms with Gasteiger partial charge in [0.15, 0.2) is 5.82 Å². The van der Waals surface area contributed by atoms with E-state index >= 15 is 0 Å². The first-order chi connectivity index (χ1) is 16.4. The molecule has 174 valence electrons. The molecule has 7 nitrogen and oxygen atoms in total. The quantitative estimate of drug-likeness (QED) is 0.471. The third-order valence-corrected chi connectivity index (χ3v) is 6.74. The monoisotopic (exact) mass is 454 g/mol. The number of pyridine rings is 2. The van der Waals surface area contributed by atoms with E-state index in [1.54, 1.807) is 6.20 Å². The average Bonchev–Trinajstić information content (AvgIpc) is 3.62. The normalized spacial score (nSPS) is 16.0. The van der Waals surface area contributed by atoms with Crippen LogP contribution in [0.2, 0.25) is 0 Å². The van der Waals surface area contributed by atoms with E-state index in [0.29, 0.717) is 5.39 Å². The fourth-order valence-electron chi connectivity index (χ4n) is 4.73. The second-order valence-corrected chi connectivity index (χ2v) is 10.4. The Balaban J connectivity index is 1.46. The van der Waals surface area contributed by atoms with Gasteiger partial charge in [-0.1, -0.05) is 32.9 Å². The molecule has 0 spiro atoms. The van der Waals surface area contributed by atoms with Crippen molar-refractivity contribution < 1.29 is 0 Å². The zero-order valence-corrected chi connectivity index (χ0v) is 19.9. The number of hydrogen-bond donors (Lipinski definition) is 2. The van der Waals surface area contributed by atoms with Crippen LogP contribution in [0.1, 0.15) is 56.5 Å². The van der Waals surface area contributed by atoms with Crippen molar-refractivity contribution in [3.8, 4) is 5.82 Å². The van der Waals surface area contributed by atoms with E-state index in [1.165, 1.54) is 11.1 Å². The van der Waals surface area contributed by atoms with Crippen LogP contribution in [0.15, 0.2) is 53.5 Å². The summed E-state index contributed by atoms with van der Waals surface area (Å²) >= 11 is 0. The van der Waals surface area contributed by atoms with Crippen molar-refractivity contribution in [2.45, 2.75) is 58.0 Å². The van der Waals surface area contributed by atoms with Gasteiger partial charge in [-0.05, 0) is 61.2 Å². The van der Waals surface area contributed by atoms with Crippen molar-refractivity contribution in [2.24, 2.45) is 0 Å². The molecule has 0 radical (unpaired) electrons. The molecule has 0 bridgehead atoms. The lowest BCUT2D eigenvalue weighted by atomic mass is 9.92. The smallest absolute Gasteiger partial charge is 0.276 e. The van der Waals surface area contributed by atoms with Crippen LogP contribution in [0.3, 0.4) is 0 Å². The Kier molecular flexibility index (Phi) is 4.85. The number of hydrogen-bond acceptors (Lipinski definition) is 5. The molecule has 2 aliphatic rings. The number of anilines is 2. The Labute approximate surface area is 198 Å². The molecular formula is C27H30N6O. The van der Waals surface area contributed by atoms with Gasteiger partial charge in [-0.3, -0.25) is 4.79 Å². The van der Waals surface area contributed by atoms with Crippen molar-refractivity contribution >= 4 is 22.4 Å². The van der Waals surface area contributed by atoms with Crippen LogP contribution in [0.5, 0.6) is 0 Å². The molecule has 1 aliphatic heterocycles. The molecule has 4 aromatic rings. The van der Waals surface area contributed by atoms with E-state index in [2.05, 4.69) is 60.7 Å². The lowest BCUT2D eigenvalue weighted by Gasteiger charge is -2.20. The van der Waals surface area contributed by atoms with E-state index in [9.17, 15) is 4.79 Å². The van der Waals surface area contributed by atoms with E-state index in [1.807, 2.05) is 27.6 Å². The molecule has 0 unspecified atom stereocenters. The largest absolute Gasteiger partial charge is 0.340 e. The highest BCUT2D eigenvalue weighted by Gasteiger charge is 2.31. The predicted molar refractivity (Wildman–Crippen MR) is 135 cm³/mol. The molecule has 0 saturated heterocycles. The van der Waals surface area contributed by atoms with Crippen LogP contribution in [0, 0.1) is 0 Å². The van der Waals surface area contributed by atoms with Gasteiger partial charge in [0.25, 0.3) is 5.56 Å². The average molecular weight is 455 g/mol. The van der Waals surface area contributed by atoms with E-state index in [0.717, 1.165) is 60.9 Å². The van der Waals surface area contributed by atoms with Crippen LogP contribution < -0.4 is 16.2 Å². The Morgan fingerprint density at radius 3 is 2.74 bits per heavy atom. The van der Waals surface area contributed by atoms with Crippen LogP contribution in [0.4, 0.5) is 11.5 Å². The second-order valence-electron chi connectivity index (χ2n) is 10.4. The van der Waals surface area contributed by atoms with Gasteiger partial charge in [0, 0.05) is 35.6 Å². The summed E-state index contributed by atoms with van der Waals surface area (Å²) in [7, 11) is 0. The van der Waals surface area contributed by atoms with Crippen LogP contribution in [-0.4, -0.2) is 25.9 Å². The summed E-state index contributed by atoms with van der Waals surface area (Å²) in [6, 6.07) is 14.7. The van der Waals surface area contributed by atoms with Crippen molar-refractivity contribution in [3.63, 3.8) is 0 Å². The van der Waals surface area contributed by atoms with Crippen LogP contribution in [-0.2, 0) is 18.4 Å². The minimum absolute atomic E-state index is 0.000734. The molecule has 34 heavy (non-hydrogen) atoms. The fourth-order valence-corrected chi connectivity index (χ4v) is 4.73. The van der Waals surface area contributed by atoms with Gasteiger partial charge in [-0.25, -0.2) is 19.3 Å². The highest BCUT2D eigenvalue weighted by Crippen LogP contribution is 2.36. The maximum Gasteiger partial charge on any atom is 0.276 e. The van der Waals surface area contributed by atoms with Gasteiger partial charge in [0.05, 0.1) is 16.9 Å². The molecule has 1 fully saturated rings. The molecule has 0 atom stereocenters. The third-order valence-electron chi connectivity index (χ3n) is 6.74. The third kappa shape index (κ3) is 3.70. The molecule has 7 heteroatoms. The summed E-state index contributed by atoms with van der Waals surface area (Å²) < 4.78 is 3.87. The molecule has 1 aliphatic carbocycles. The fraction of sp³-hybridized carbons (Fsp3) is 0.370. The van der Waals surface area contributed by atoms with Gasteiger partial charge in [-0.2, -0.15) is 0 Å². The first kappa shape index (κ1) is 21.1. The first-order valence-corrected chi connectivity index (χ1v) is 12.1. The summed E-state index contributed by atoms with van der Waals surface area (Å²) in [5.41, 5.74) is 5.47. The molecular weight excluding hydrogens is 424 g/mol. The van der Waals surface area contributed by atoms with Crippen molar-refractivity contribution in [3.05, 3.63) is 75.8 Å². The molecule has 1 saturated carbocycles. The summed E-state index contributed by atoms with van der Waals surface area (Å²) in [6.45, 7) is 8.38. The summed E-state index contributed by atoms with van der Waals surface area (Å²) in [6.07, 6.45) is 4.75. The molecule has 0 amide bonds. The molecule has 2 N–H and O–H groups in total. The SMILES string of the molecule is CC(C)(C)c1cccc(-n2c3cc(Nc4ccc5c(c4)CCNC5)ncc3c(=O)n2C2CC2)n1. The van der Waals surface area contributed by atoms with Crippen molar-refractivity contribution in [1.82, 2.24) is 24.6 Å².